The summed E-state index contributed by atoms with van der Waals surface area (Å²) in [5.41, 5.74) is -4.89. The van der Waals surface area contributed by atoms with Crippen LogP contribution in [0.1, 0.15) is 24.2 Å². The summed E-state index contributed by atoms with van der Waals surface area (Å²) in [6, 6.07) is 3.32. The van der Waals surface area contributed by atoms with Crippen molar-refractivity contribution in [3.63, 3.8) is 0 Å². The zero-order valence-electron chi connectivity index (χ0n) is 19.0. The summed E-state index contributed by atoms with van der Waals surface area (Å²) in [6.07, 6.45) is -4.42. The Morgan fingerprint density at radius 2 is 1.69 bits per heavy atom. The van der Waals surface area contributed by atoms with Gasteiger partial charge in [0.1, 0.15) is 22.9 Å². The Labute approximate surface area is 200 Å². The molecular formula is C23H21F5N4O4. The van der Waals surface area contributed by atoms with Crippen LogP contribution in [0, 0.1) is 17.5 Å². The van der Waals surface area contributed by atoms with Gasteiger partial charge in [-0.3, -0.25) is 14.2 Å². The Bertz CT molecular complexity index is 1380. The first-order chi connectivity index (χ1) is 16.8. The van der Waals surface area contributed by atoms with E-state index in [-0.39, 0.29) is 29.9 Å². The van der Waals surface area contributed by atoms with E-state index in [4.69, 9.17) is 0 Å². The number of alkyl halides is 2. The Kier molecular flexibility index (Phi) is 6.47. The zero-order valence-corrected chi connectivity index (χ0v) is 19.0. The molecule has 0 aliphatic carbocycles. The molecule has 1 aromatic carbocycles. The maximum absolute atomic E-state index is 14.8. The SMILES string of the molecule is CC(C)(NC(=O)c1cn(-c2c(F)cc(F)cc2F)c2nc(N3C[C@@H](O)[C@H](O)C3)ccc2c1=O)C(F)F. The maximum atomic E-state index is 14.8. The fourth-order valence-electron chi connectivity index (χ4n) is 3.84. The van der Waals surface area contributed by atoms with E-state index >= 15 is 0 Å². The number of anilines is 1. The molecule has 1 fully saturated rings. The number of hydrogen-bond donors (Lipinski definition) is 3. The van der Waals surface area contributed by atoms with Gasteiger partial charge in [-0.1, -0.05) is 0 Å². The molecule has 8 nitrogen and oxygen atoms in total. The fraction of sp³-hybridized carbons (Fsp3) is 0.348. The second-order valence-corrected chi connectivity index (χ2v) is 9.02. The Balaban J connectivity index is 1.96. The van der Waals surface area contributed by atoms with E-state index in [1.807, 2.05) is 5.32 Å². The van der Waals surface area contributed by atoms with Gasteiger partial charge in [0.25, 0.3) is 12.3 Å². The highest BCUT2D eigenvalue weighted by Gasteiger charge is 2.34. The van der Waals surface area contributed by atoms with E-state index in [0.717, 1.165) is 24.6 Å². The van der Waals surface area contributed by atoms with E-state index < -0.39 is 64.2 Å². The molecule has 1 amide bonds. The summed E-state index contributed by atoms with van der Waals surface area (Å²) in [6.45, 7) is 2.01. The smallest absolute Gasteiger partial charge is 0.260 e. The van der Waals surface area contributed by atoms with Crippen LogP contribution in [0.25, 0.3) is 16.7 Å². The Morgan fingerprint density at radius 1 is 1.11 bits per heavy atom. The predicted molar refractivity (Wildman–Crippen MR) is 119 cm³/mol. The van der Waals surface area contributed by atoms with Gasteiger partial charge in [-0.05, 0) is 26.0 Å². The van der Waals surface area contributed by atoms with Crippen LogP contribution in [0.5, 0.6) is 0 Å². The molecule has 1 aliphatic heterocycles. The lowest BCUT2D eigenvalue weighted by atomic mass is 10.1. The van der Waals surface area contributed by atoms with E-state index in [1.54, 1.807) is 0 Å². The molecule has 36 heavy (non-hydrogen) atoms. The molecule has 2 aromatic heterocycles. The van der Waals surface area contributed by atoms with Crippen molar-refractivity contribution >= 4 is 22.8 Å². The second-order valence-electron chi connectivity index (χ2n) is 9.02. The van der Waals surface area contributed by atoms with Gasteiger partial charge in [0.15, 0.2) is 17.3 Å². The first-order valence-electron chi connectivity index (χ1n) is 10.7. The van der Waals surface area contributed by atoms with Crippen molar-refractivity contribution in [2.24, 2.45) is 0 Å². The normalized spacial score (nSPS) is 18.3. The highest BCUT2D eigenvalue weighted by Crippen LogP contribution is 2.26. The minimum Gasteiger partial charge on any atom is -0.389 e. The number of benzene rings is 1. The number of hydrogen-bond acceptors (Lipinski definition) is 6. The molecule has 192 valence electrons. The first-order valence-corrected chi connectivity index (χ1v) is 10.7. The monoisotopic (exact) mass is 512 g/mol. The number of nitrogens with one attached hydrogen (secondary N) is 1. The number of carbonyl (C=O) groups excluding carboxylic acids is 1. The van der Waals surface area contributed by atoms with Crippen LogP contribution < -0.4 is 15.6 Å². The van der Waals surface area contributed by atoms with E-state index in [1.165, 1.54) is 17.0 Å². The Hall–Kier alpha value is -3.58. The number of pyridine rings is 2. The van der Waals surface area contributed by atoms with Gasteiger partial charge < -0.3 is 20.4 Å². The molecule has 2 atom stereocenters. The number of aromatic nitrogens is 2. The van der Waals surface area contributed by atoms with Gasteiger partial charge in [-0.25, -0.2) is 26.9 Å². The summed E-state index contributed by atoms with van der Waals surface area (Å²) in [4.78, 5) is 31.6. The largest absolute Gasteiger partial charge is 0.389 e. The fourth-order valence-corrected chi connectivity index (χ4v) is 3.84. The summed E-state index contributed by atoms with van der Waals surface area (Å²) in [7, 11) is 0. The number of nitrogens with zero attached hydrogens (tertiary/aromatic N) is 3. The van der Waals surface area contributed by atoms with Gasteiger partial charge in [0.05, 0.1) is 23.1 Å². The van der Waals surface area contributed by atoms with E-state index in [9.17, 15) is 41.8 Å². The number of halogens is 5. The maximum Gasteiger partial charge on any atom is 0.260 e. The molecule has 1 saturated heterocycles. The average molecular weight is 512 g/mol. The number of aliphatic hydroxyl groups excluding tert-OH is 2. The van der Waals surface area contributed by atoms with Gasteiger partial charge in [-0.2, -0.15) is 0 Å². The van der Waals surface area contributed by atoms with Crippen LogP contribution in [0.4, 0.5) is 27.8 Å². The topological polar surface area (TPSA) is 108 Å². The van der Waals surface area contributed by atoms with Crippen molar-refractivity contribution in [2.75, 3.05) is 18.0 Å². The van der Waals surface area contributed by atoms with Crippen LogP contribution in [-0.2, 0) is 0 Å². The minimum absolute atomic E-state index is 0.0215. The van der Waals surface area contributed by atoms with E-state index in [2.05, 4.69) is 4.98 Å². The third-order valence-electron chi connectivity index (χ3n) is 5.87. The van der Waals surface area contributed by atoms with Crippen LogP contribution in [0.2, 0.25) is 0 Å². The molecule has 0 bridgehead atoms. The minimum atomic E-state index is -2.99. The van der Waals surface area contributed by atoms with E-state index in [0.29, 0.717) is 12.1 Å². The number of aliphatic hydroxyl groups is 2. The number of carbonyl (C=O) groups is 1. The summed E-state index contributed by atoms with van der Waals surface area (Å²) in [5.74, 6) is -5.07. The second kappa shape index (κ2) is 9.13. The lowest BCUT2D eigenvalue weighted by molar-refractivity contribution is 0.0447. The van der Waals surface area contributed by atoms with Crippen LogP contribution in [0.3, 0.4) is 0 Å². The van der Waals surface area contributed by atoms with Crippen molar-refractivity contribution in [3.05, 3.63) is 63.7 Å². The van der Waals surface area contributed by atoms with Crippen molar-refractivity contribution in [1.82, 2.24) is 14.9 Å². The summed E-state index contributed by atoms with van der Waals surface area (Å²) in [5, 5.41) is 21.4. The van der Waals surface area contributed by atoms with Crippen LogP contribution in [-0.4, -0.2) is 62.9 Å². The van der Waals surface area contributed by atoms with Gasteiger partial charge in [-0.15, -0.1) is 0 Å². The highest BCUT2D eigenvalue weighted by atomic mass is 19.3. The molecule has 13 heteroatoms. The lowest BCUT2D eigenvalue weighted by Gasteiger charge is -2.25. The summed E-state index contributed by atoms with van der Waals surface area (Å²) < 4.78 is 70.4. The first kappa shape index (κ1) is 25.5. The van der Waals surface area contributed by atoms with Crippen LogP contribution in [0.15, 0.2) is 35.3 Å². The van der Waals surface area contributed by atoms with Gasteiger partial charge in [0.2, 0.25) is 5.43 Å². The third kappa shape index (κ3) is 4.51. The molecule has 0 spiro atoms. The highest BCUT2D eigenvalue weighted by molar-refractivity contribution is 5.97. The van der Waals surface area contributed by atoms with Gasteiger partial charge >= 0.3 is 0 Å². The molecule has 3 aromatic rings. The molecule has 3 N–H and O–H groups in total. The number of fused-ring (bicyclic) bond motifs is 1. The van der Waals surface area contributed by atoms with Crippen molar-refractivity contribution in [2.45, 2.75) is 38.0 Å². The van der Waals surface area contributed by atoms with Crippen molar-refractivity contribution < 1.29 is 37.0 Å². The Morgan fingerprint density at radius 3 is 2.25 bits per heavy atom. The van der Waals surface area contributed by atoms with Crippen molar-refractivity contribution in [1.29, 1.82) is 0 Å². The summed E-state index contributed by atoms with van der Waals surface area (Å²) >= 11 is 0. The molecule has 1 aliphatic rings. The quantitative estimate of drug-likeness (QED) is 0.452. The predicted octanol–water partition coefficient (Wildman–Crippen LogP) is 2.12. The number of rotatable bonds is 5. The number of β-amino-alcohol motifs (C(OH)–C–C–N with tert-alkyl or cyclic N) is 2. The molecule has 0 unspecified atom stereocenters. The number of amides is 1. The van der Waals surface area contributed by atoms with Gasteiger partial charge in [0, 0.05) is 31.4 Å². The lowest BCUT2D eigenvalue weighted by Crippen LogP contribution is -2.50. The van der Waals surface area contributed by atoms with Crippen LogP contribution >= 0.6 is 0 Å². The third-order valence-corrected chi connectivity index (χ3v) is 5.87. The zero-order chi connectivity index (χ0) is 26.5. The molecule has 0 radical (unpaired) electrons. The van der Waals surface area contributed by atoms with Crippen molar-refractivity contribution in [3.8, 4) is 5.69 Å². The average Bonchev–Trinajstić information content (AvgIpc) is 3.12. The molecular weight excluding hydrogens is 491 g/mol. The molecule has 4 rings (SSSR count). The standard InChI is InChI=1S/C23H21F5N4O4/c1-23(2,22(27)28)30-21(36)12-7-32(18-13(25)5-10(24)6-14(18)26)20-11(19(12)35)3-4-17(29-20)31-8-15(33)16(34)9-31/h3-7,15-16,22,33-34H,8-9H2,1-2H3,(H,30,36)/t15-,16-/m1/s1. The molecule has 3 heterocycles. The molecule has 0 saturated carbocycles.